The van der Waals surface area contributed by atoms with Crippen LogP contribution < -0.4 is 10.1 Å². The van der Waals surface area contributed by atoms with Gasteiger partial charge in [-0.3, -0.25) is 4.79 Å². The van der Waals surface area contributed by atoms with Crippen LogP contribution in [0.4, 0.5) is 0 Å². The zero-order chi connectivity index (χ0) is 12.4. The lowest BCUT2D eigenvalue weighted by molar-refractivity contribution is 0.0696. The third-order valence-corrected chi connectivity index (χ3v) is 2.47. The summed E-state index contributed by atoms with van der Waals surface area (Å²) in [5.74, 6) is -0.962. The molecule has 0 aliphatic heterocycles. The predicted octanol–water partition coefficient (Wildman–Crippen LogP) is 1.29. The van der Waals surface area contributed by atoms with Crippen molar-refractivity contribution >= 4 is 11.9 Å². The normalized spacial score (nSPS) is 14.2. The summed E-state index contributed by atoms with van der Waals surface area (Å²) < 4.78 is 5.51. The number of amides is 1. The molecule has 5 heteroatoms. The van der Waals surface area contributed by atoms with E-state index in [2.05, 4.69) is 5.32 Å². The molecule has 0 bridgehead atoms. The van der Waals surface area contributed by atoms with Crippen molar-refractivity contribution in [2.75, 3.05) is 7.05 Å². The number of carboxylic acids is 1. The number of nitrogens with one attached hydrogen (secondary N) is 1. The largest absolute Gasteiger partial charge is 0.490 e. The monoisotopic (exact) mass is 235 g/mol. The van der Waals surface area contributed by atoms with E-state index in [1.54, 1.807) is 6.07 Å². The Labute approximate surface area is 98.4 Å². The van der Waals surface area contributed by atoms with Gasteiger partial charge in [-0.2, -0.15) is 0 Å². The lowest BCUT2D eigenvalue weighted by atomic mass is 10.1. The Morgan fingerprint density at radius 1 is 1.29 bits per heavy atom. The van der Waals surface area contributed by atoms with E-state index in [9.17, 15) is 9.59 Å². The topological polar surface area (TPSA) is 75.6 Å². The van der Waals surface area contributed by atoms with E-state index >= 15 is 0 Å². The first-order valence-electron chi connectivity index (χ1n) is 5.37. The summed E-state index contributed by atoms with van der Waals surface area (Å²) in [7, 11) is 1.50. The van der Waals surface area contributed by atoms with E-state index in [0.29, 0.717) is 11.3 Å². The number of hydrogen-bond donors (Lipinski definition) is 2. The molecule has 17 heavy (non-hydrogen) atoms. The average molecular weight is 235 g/mol. The molecule has 1 aliphatic rings. The number of carbonyl (C=O) groups is 2. The number of hydrogen-bond acceptors (Lipinski definition) is 3. The molecule has 1 fully saturated rings. The quantitative estimate of drug-likeness (QED) is 0.824. The zero-order valence-electron chi connectivity index (χ0n) is 9.40. The Morgan fingerprint density at radius 3 is 2.47 bits per heavy atom. The first kappa shape index (κ1) is 11.4. The van der Waals surface area contributed by atoms with Gasteiger partial charge in [0.15, 0.2) is 0 Å². The van der Waals surface area contributed by atoms with Crippen LogP contribution in [0.25, 0.3) is 0 Å². The third-order valence-electron chi connectivity index (χ3n) is 2.47. The Morgan fingerprint density at radius 2 is 1.94 bits per heavy atom. The molecule has 1 saturated carbocycles. The highest BCUT2D eigenvalue weighted by molar-refractivity contribution is 5.98. The van der Waals surface area contributed by atoms with Crippen LogP contribution in [-0.4, -0.2) is 30.1 Å². The molecule has 1 aliphatic carbocycles. The number of rotatable bonds is 4. The molecular formula is C12H13NO4. The van der Waals surface area contributed by atoms with Crippen LogP contribution in [0.1, 0.15) is 33.6 Å². The van der Waals surface area contributed by atoms with Gasteiger partial charge in [-0.05, 0) is 31.0 Å². The summed E-state index contributed by atoms with van der Waals surface area (Å²) in [6, 6.07) is 4.33. The van der Waals surface area contributed by atoms with Crippen molar-refractivity contribution in [3.05, 3.63) is 29.3 Å². The van der Waals surface area contributed by atoms with Crippen molar-refractivity contribution in [3.63, 3.8) is 0 Å². The summed E-state index contributed by atoms with van der Waals surface area (Å²) in [4.78, 5) is 22.4. The van der Waals surface area contributed by atoms with Crippen molar-refractivity contribution < 1.29 is 19.4 Å². The number of aromatic carboxylic acids is 1. The fourth-order valence-corrected chi connectivity index (χ4v) is 1.44. The molecule has 2 rings (SSSR count). The summed E-state index contributed by atoms with van der Waals surface area (Å²) in [5, 5.41) is 11.4. The van der Waals surface area contributed by atoms with E-state index in [-0.39, 0.29) is 17.6 Å². The first-order chi connectivity index (χ1) is 8.10. The zero-order valence-corrected chi connectivity index (χ0v) is 9.40. The summed E-state index contributed by atoms with van der Waals surface area (Å²) >= 11 is 0. The van der Waals surface area contributed by atoms with E-state index < -0.39 is 5.97 Å². The van der Waals surface area contributed by atoms with Gasteiger partial charge in [0.1, 0.15) is 5.75 Å². The van der Waals surface area contributed by atoms with Crippen LogP contribution in [0, 0.1) is 0 Å². The number of benzene rings is 1. The van der Waals surface area contributed by atoms with Gasteiger partial charge in [-0.15, -0.1) is 0 Å². The molecule has 0 atom stereocenters. The summed E-state index contributed by atoms with van der Waals surface area (Å²) in [5.41, 5.74) is 0.352. The second-order valence-corrected chi connectivity index (χ2v) is 3.95. The predicted molar refractivity (Wildman–Crippen MR) is 60.4 cm³/mol. The molecule has 0 radical (unpaired) electrons. The standard InChI is InChI=1S/C12H13NO4/c1-13-11(14)7-4-8(12(15)16)6-10(5-7)17-9-2-3-9/h4-6,9H,2-3H2,1H3,(H,13,14)(H,15,16). The van der Waals surface area contributed by atoms with E-state index in [1.165, 1.54) is 19.2 Å². The second-order valence-electron chi connectivity index (χ2n) is 3.95. The highest BCUT2D eigenvalue weighted by atomic mass is 16.5. The third kappa shape index (κ3) is 2.75. The minimum atomic E-state index is -1.07. The van der Waals surface area contributed by atoms with Gasteiger partial charge in [0, 0.05) is 12.6 Å². The lowest BCUT2D eigenvalue weighted by Gasteiger charge is -2.08. The maximum atomic E-state index is 11.5. The van der Waals surface area contributed by atoms with Crippen molar-refractivity contribution in [1.29, 1.82) is 0 Å². The number of carboxylic acid groups (broad SMARTS) is 1. The molecule has 1 aromatic rings. The van der Waals surface area contributed by atoms with Crippen LogP contribution in [0.15, 0.2) is 18.2 Å². The molecule has 0 aromatic heterocycles. The first-order valence-corrected chi connectivity index (χ1v) is 5.37. The van der Waals surface area contributed by atoms with Gasteiger partial charge >= 0.3 is 5.97 Å². The van der Waals surface area contributed by atoms with Gasteiger partial charge in [0.05, 0.1) is 11.7 Å². The molecule has 1 aromatic carbocycles. The van der Waals surface area contributed by atoms with Crippen LogP contribution in [0.2, 0.25) is 0 Å². The van der Waals surface area contributed by atoms with Gasteiger partial charge in [0.2, 0.25) is 0 Å². The fraction of sp³-hybridized carbons (Fsp3) is 0.333. The Balaban J connectivity index is 2.33. The van der Waals surface area contributed by atoms with Gasteiger partial charge in [0.25, 0.3) is 5.91 Å². The highest BCUT2D eigenvalue weighted by Gasteiger charge is 2.24. The van der Waals surface area contributed by atoms with Crippen molar-refractivity contribution in [1.82, 2.24) is 5.32 Å². The van der Waals surface area contributed by atoms with E-state index in [4.69, 9.17) is 9.84 Å². The van der Waals surface area contributed by atoms with E-state index in [1.807, 2.05) is 0 Å². The Bertz CT molecular complexity index is 466. The highest BCUT2D eigenvalue weighted by Crippen LogP contribution is 2.28. The maximum absolute atomic E-state index is 11.5. The SMILES string of the molecule is CNC(=O)c1cc(OC2CC2)cc(C(=O)O)c1. The lowest BCUT2D eigenvalue weighted by Crippen LogP contribution is -2.18. The minimum Gasteiger partial charge on any atom is -0.490 e. The minimum absolute atomic E-state index is 0.0572. The molecule has 2 N–H and O–H groups in total. The Kier molecular flexibility index (Phi) is 2.99. The molecule has 1 amide bonds. The van der Waals surface area contributed by atoms with Gasteiger partial charge in [-0.1, -0.05) is 0 Å². The van der Waals surface area contributed by atoms with E-state index in [0.717, 1.165) is 12.8 Å². The van der Waals surface area contributed by atoms with Gasteiger partial charge in [-0.25, -0.2) is 4.79 Å². The smallest absolute Gasteiger partial charge is 0.335 e. The molecular weight excluding hydrogens is 222 g/mol. The number of carbonyl (C=O) groups excluding carboxylic acids is 1. The van der Waals surface area contributed by atoms with Crippen LogP contribution in [-0.2, 0) is 0 Å². The molecule has 0 spiro atoms. The average Bonchev–Trinajstić information content (AvgIpc) is 3.11. The van der Waals surface area contributed by atoms with Crippen molar-refractivity contribution in [3.8, 4) is 5.75 Å². The van der Waals surface area contributed by atoms with Crippen molar-refractivity contribution in [2.45, 2.75) is 18.9 Å². The van der Waals surface area contributed by atoms with Crippen LogP contribution in [0.5, 0.6) is 5.75 Å². The molecule has 0 unspecified atom stereocenters. The van der Waals surface area contributed by atoms with Gasteiger partial charge < -0.3 is 15.2 Å². The summed E-state index contributed by atoms with van der Waals surface area (Å²) in [6.45, 7) is 0. The Hall–Kier alpha value is -2.04. The molecule has 90 valence electrons. The molecule has 0 heterocycles. The summed E-state index contributed by atoms with van der Waals surface area (Å²) in [6.07, 6.45) is 2.12. The number of ether oxygens (including phenoxy) is 1. The van der Waals surface area contributed by atoms with Crippen LogP contribution >= 0.6 is 0 Å². The molecule has 5 nitrogen and oxygen atoms in total. The fourth-order valence-electron chi connectivity index (χ4n) is 1.44. The molecule has 0 saturated heterocycles. The second kappa shape index (κ2) is 4.45. The maximum Gasteiger partial charge on any atom is 0.335 e. The van der Waals surface area contributed by atoms with Crippen molar-refractivity contribution in [2.24, 2.45) is 0 Å². The van der Waals surface area contributed by atoms with Crippen LogP contribution in [0.3, 0.4) is 0 Å².